The number of rotatable bonds is 3. The summed E-state index contributed by atoms with van der Waals surface area (Å²) in [5.74, 6) is 7.83. The minimum Gasteiger partial charge on any atom is -0.353 e. The molecule has 1 aromatic heterocycles. The zero-order valence-electron chi connectivity index (χ0n) is 11.2. The molecule has 0 radical (unpaired) electrons. The lowest BCUT2D eigenvalue weighted by Gasteiger charge is -2.37. The Morgan fingerprint density at radius 2 is 2.17 bits per heavy atom. The molecule has 0 aromatic carbocycles. The second-order valence-electron chi connectivity index (χ2n) is 4.93. The molecule has 0 spiro atoms. The predicted molar refractivity (Wildman–Crippen MR) is 76.8 cm³/mol. The van der Waals surface area contributed by atoms with Crippen molar-refractivity contribution in [2.75, 3.05) is 23.1 Å². The lowest BCUT2D eigenvalue weighted by Crippen LogP contribution is -2.41. The van der Waals surface area contributed by atoms with Crippen LogP contribution >= 0.6 is 11.8 Å². The summed E-state index contributed by atoms with van der Waals surface area (Å²) in [6.07, 6.45) is 4.48. The van der Waals surface area contributed by atoms with Crippen molar-refractivity contribution in [2.45, 2.75) is 37.9 Å². The standard InChI is InChI=1S/C12H21N5S/c1-8-4-5-9(2)17(7-8)11-6-10(16-13)14-12(15-11)18-3/h6,8-9H,4-5,7,13H2,1-3H3,(H,14,15,16). The van der Waals surface area contributed by atoms with Gasteiger partial charge in [-0.1, -0.05) is 18.7 Å². The molecule has 0 bridgehead atoms. The van der Waals surface area contributed by atoms with Crippen LogP contribution < -0.4 is 16.2 Å². The molecule has 1 aliphatic rings. The van der Waals surface area contributed by atoms with E-state index in [1.807, 2.05) is 12.3 Å². The summed E-state index contributed by atoms with van der Waals surface area (Å²) in [6, 6.07) is 2.45. The molecule has 100 valence electrons. The van der Waals surface area contributed by atoms with E-state index < -0.39 is 0 Å². The molecule has 1 fully saturated rings. The molecule has 3 N–H and O–H groups in total. The first kappa shape index (κ1) is 13.4. The molecule has 6 heteroatoms. The lowest BCUT2D eigenvalue weighted by molar-refractivity contribution is 0.387. The molecule has 1 aromatic rings. The van der Waals surface area contributed by atoms with Crippen molar-refractivity contribution in [2.24, 2.45) is 11.8 Å². The maximum Gasteiger partial charge on any atom is 0.191 e. The number of nitrogen functional groups attached to an aromatic ring is 1. The number of nitrogens with zero attached hydrogens (tertiary/aromatic N) is 3. The summed E-state index contributed by atoms with van der Waals surface area (Å²) in [7, 11) is 0. The second kappa shape index (κ2) is 5.75. The molecule has 0 saturated carbocycles. The summed E-state index contributed by atoms with van der Waals surface area (Å²) in [6.45, 7) is 5.59. The van der Waals surface area contributed by atoms with E-state index in [1.165, 1.54) is 24.6 Å². The summed E-state index contributed by atoms with van der Waals surface area (Å²) in [5, 5.41) is 0.755. The Balaban J connectivity index is 2.30. The van der Waals surface area contributed by atoms with Crippen LogP contribution in [0, 0.1) is 5.92 Å². The Morgan fingerprint density at radius 1 is 1.39 bits per heavy atom. The Labute approximate surface area is 113 Å². The van der Waals surface area contributed by atoms with Crippen LogP contribution in [0.1, 0.15) is 26.7 Å². The van der Waals surface area contributed by atoms with Crippen molar-refractivity contribution in [3.05, 3.63) is 6.07 Å². The van der Waals surface area contributed by atoms with Gasteiger partial charge in [0.15, 0.2) is 5.16 Å². The van der Waals surface area contributed by atoms with Crippen molar-refractivity contribution >= 4 is 23.4 Å². The topological polar surface area (TPSA) is 67.1 Å². The SMILES string of the molecule is CSc1nc(NN)cc(N2CC(C)CCC2C)n1. The fourth-order valence-electron chi connectivity index (χ4n) is 2.33. The highest BCUT2D eigenvalue weighted by atomic mass is 32.2. The first-order valence-corrected chi connectivity index (χ1v) is 7.53. The smallest absolute Gasteiger partial charge is 0.191 e. The lowest BCUT2D eigenvalue weighted by atomic mass is 9.95. The highest BCUT2D eigenvalue weighted by molar-refractivity contribution is 7.98. The molecular formula is C12H21N5S. The van der Waals surface area contributed by atoms with Crippen LogP contribution in [-0.4, -0.2) is 28.8 Å². The molecule has 2 heterocycles. The van der Waals surface area contributed by atoms with Crippen LogP contribution in [0.3, 0.4) is 0 Å². The number of hydrazine groups is 1. The quantitative estimate of drug-likeness (QED) is 0.378. The summed E-state index contributed by atoms with van der Waals surface area (Å²) >= 11 is 1.53. The van der Waals surface area contributed by atoms with Gasteiger partial charge in [0.25, 0.3) is 0 Å². The average Bonchev–Trinajstić information content (AvgIpc) is 2.40. The fourth-order valence-corrected chi connectivity index (χ4v) is 2.71. The van der Waals surface area contributed by atoms with E-state index in [9.17, 15) is 0 Å². The molecule has 2 rings (SSSR count). The number of piperidine rings is 1. The van der Waals surface area contributed by atoms with E-state index in [0.29, 0.717) is 17.8 Å². The third-order valence-corrected chi connectivity index (χ3v) is 3.98. The van der Waals surface area contributed by atoms with E-state index in [0.717, 1.165) is 17.5 Å². The molecule has 0 aliphatic carbocycles. The molecule has 18 heavy (non-hydrogen) atoms. The van der Waals surface area contributed by atoms with E-state index in [1.54, 1.807) is 0 Å². The number of aromatic nitrogens is 2. The number of nitrogens with two attached hydrogens (primary N) is 1. The van der Waals surface area contributed by atoms with Gasteiger partial charge in [-0.15, -0.1) is 0 Å². The van der Waals surface area contributed by atoms with Gasteiger partial charge in [-0.3, -0.25) is 0 Å². The van der Waals surface area contributed by atoms with Crippen molar-refractivity contribution in [1.82, 2.24) is 9.97 Å². The molecule has 5 nitrogen and oxygen atoms in total. The molecule has 0 amide bonds. The molecule has 1 saturated heterocycles. The number of thioether (sulfide) groups is 1. The van der Waals surface area contributed by atoms with Crippen molar-refractivity contribution in [3.8, 4) is 0 Å². The van der Waals surface area contributed by atoms with Crippen LogP contribution in [0.4, 0.5) is 11.6 Å². The van der Waals surface area contributed by atoms with Crippen molar-refractivity contribution in [1.29, 1.82) is 0 Å². The van der Waals surface area contributed by atoms with Crippen molar-refractivity contribution < 1.29 is 0 Å². The zero-order chi connectivity index (χ0) is 13.1. The monoisotopic (exact) mass is 267 g/mol. The maximum absolute atomic E-state index is 5.47. The van der Waals surface area contributed by atoms with Gasteiger partial charge in [0.1, 0.15) is 11.6 Å². The van der Waals surface area contributed by atoms with Gasteiger partial charge >= 0.3 is 0 Å². The highest BCUT2D eigenvalue weighted by Crippen LogP contribution is 2.28. The summed E-state index contributed by atoms with van der Waals surface area (Å²) in [5.41, 5.74) is 2.62. The number of nitrogens with one attached hydrogen (secondary N) is 1. The normalized spacial score (nSPS) is 24.1. The Morgan fingerprint density at radius 3 is 2.83 bits per heavy atom. The largest absolute Gasteiger partial charge is 0.353 e. The first-order chi connectivity index (χ1) is 8.63. The van der Waals surface area contributed by atoms with Crippen LogP contribution in [0.5, 0.6) is 0 Å². The number of hydrogen-bond donors (Lipinski definition) is 2. The Bertz CT molecular complexity index is 389. The minimum atomic E-state index is 0.524. The molecular weight excluding hydrogens is 246 g/mol. The van der Waals surface area contributed by atoms with E-state index >= 15 is 0 Å². The number of anilines is 2. The van der Waals surface area contributed by atoms with Crippen molar-refractivity contribution in [3.63, 3.8) is 0 Å². The second-order valence-corrected chi connectivity index (χ2v) is 5.70. The molecule has 1 aliphatic heterocycles. The summed E-state index contributed by atoms with van der Waals surface area (Å²) < 4.78 is 0. The Hall–Kier alpha value is -1.01. The van der Waals surface area contributed by atoms with Gasteiger partial charge in [-0.2, -0.15) is 0 Å². The zero-order valence-corrected chi connectivity index (χ0v) is 12.0. The van der Waals surface area contributed by atoms with Crippen LogP contribution in [0.2, 0.25) is 0 Å². The van der Waals surface area contributed by atoms with E-state index in [-0.39, 0.29) is 0 Å². The van der Waals surface area contributed by atoms with E-state index in [4.69, 9.17) is 5.84 Å². The predicted octanol–water partition coefficient (Wildman–Crippen LogP) is 2.11. The molecule has 2 atom stereocenters. The Kier molecular flexibility index (Phi) is 4.29. The molecule has 2 unspecified atom stereocenters. The number of hydrogen-bond acceptors (Lipinski definition) is 6. The highest BCUT2D eigenvalue weighted by Gasteiger charge is 2.24. The summed E-state index contributed by atoms with van der Waals surface area (Å²) in [4.78, 5) is 11.2. The first-order valence-electron chi connectivity index (χ1n) is 6.30. The van der Waals surface area contributed by atoms with Gasteiger partial charge in [0.05, 0.1) is 0 Å². The third kappa shape index (κ3) is 2.87. The average molecular weight is 267 g/mol. The van der Waals surface area contributed by atoms with Gasteiger partial charge in [-0.25, -0.2) is 15.8 Å². The third-order valence-electron chi connectivity index (χ3n) is 3.43. The van der Waals surface area contributed by atoms with Gasteiger partial charge in [0, 0.05) is 18.7 Å². The fraction of sp³-hybridized carbons (Fsp3) is 0.667. The van der Waals surface area contributed by atoms with Crippen LogP contribution in [0.25, 0.3) is 0 Å². The van der Waals surface area contributed by atoms with Crippen LogP contribution in [0.15, 0.2) is 11.2 Å². The van der Waals surface area contributed by atoms with Gasteiger partial charge in [0.2, 0.25) is 0 Å². The van der Waals surface area contributed by atoms with E-state index in [2.05, 4.69) is 34.1 Å². The minimum absolute atomic E-state index is 0.524. The van der Waals surface area contributed by atoms with Crippen LogP contribution in [-0.2, 0) is 0 Å². The van der Waals surface area contributed by atoms with Gasteiger partial charge < -0.3 is 10.3 Å². The maximum atomic E-state index is 5.47. The van der Waals surface area contributed by atoms with Gasteiger partial charge in [-0.05, 0) is 31.9 Å².